The zero-order valence-corrected chi connectivity index (χ0v) is 12.5. The van der Waals surface area contributed by atoms with Gasteiger partial charge in [0.15, 0.2) is 0 Å². The quantitative estimate of drug-likeness (QED) is 0.458. The molecule has 0 atom stereocenters. The summed E-state index contributed by atoms with van der Waals surface area (Å²) in [7, 11) is 1.73. The number of allylic oxidation sites excluding steroid dienone is 4. The molecule has 0 saturated carbocycles. The van der Waals surface area contributed by atoms with E-state index in [9.17, 15) is 0 Å². The molecule has 0 heterocycles. The van der Waals surface area contributed by atoms with E-state index >= 15 is 0 Å². The van der Waals surface area contributed by atoms with Crippen molar-refractivity contribution in [2.24, 2.45) is 0 Å². The molecule has 0 aliphatic heterocycles. The Labute approximate surface area is 118 Å². The van der Waals surface area contributed by atoms with Crippen LogP contribution in [0.3, 0.4) is 0 Å². The van der Waals surface area contributed by atoms with Gasteiger partial charge in [-0.15, -0.1) is 0 Å². The van der Waals surface area contributed by atoms with Crippen molar-refractivity contribution < 1.29 is 4.74 Å². The van der Waals surface area contributed by atoms with E-state index in [1.165, 1.54) is 36.8 Å². The summed E-state index contributed by atoms with van der Waals surface area (Å²) < 4.78 is 5.28. The maximum Gasteiger partial charge on any atom is 0.119 e. The van der Waals surface area contributed by atoms with Gasteiger partial charge in [-0.1, -0.05) is 36.8 Å². The summed E-state index contributed by atoms with van der Waals surface area (Å²) in [5, 5.41) is 0. The standard InChI is InChI=1S/C18H26O/c1-4-5-6-7-8-9-10-11-12-17-15-18(19-3)14-13-16(17)2/h4-7,13-15H,8-12H2,1-3H3. The molecule has 1 rings (SSSR count). The predicted octanol–water partition coefficient (Wildman–Crippen LogP) is 5.24. The Hall–Kier alpha value is -1.50. The summed E-state index contributed by atoms with van der Waals surface area (Å²) in [6, 6.07) is 6.35. The molecule has 0 bridgehead atoms. The maximum absolute atomic E-state index is 5.28. The Balaban J connectivity index is 2.25. The normalized spacial score (nSPS) is 11.5. The molecule has 0 aliphatic carbocycles. The van der Waals surface area contributed by atoms with Crippen molar-refractivity contribution in [1.82, 2.24) is 0 Å². The molecule has 0 N–H and O–H groups in total. The Kier molecular flexibility index (Phi) is 7.72. The number of unbranched alkanes of at least 4 members (excludes halogenated alkanes) is 3. The Morgan fingerprint density at radius 1 is 1.11 bits per heavy atom. The van der Waals surface area contributed by atoms with Crippen molar-refractivity contribution in [3.63, 3.8) is 0 Å². The van der Waals surface area contributed by atoms with Crippen LogP contribution in [0.4, 0.5) is 0 Å². The van der Waals surface area contributed by atoms with E-state index < -0.39 is 0 Å². The summed E-state index contributed by atoms with van der Waals surface area (Å²) in [6.07, 6.45) is 14.7. The van der Waals surface area contributed by atoms with Crippen LogP contribution in [0.2, 0.25) is 0 Å². The minimum Gasteiger partial charge on any atom is -0.497 e. The van der Waals surface area contributed by atoms with Gasteiger partial charge in [-0.05, 0) is 62.8 Å². The minimum absolute atomic E-state index is 0.967. The Bertz CT molecular complexity index is 416. The second kappa shape index (κ2) is 9.43. The number of rotatable bonds is 8. The van der Waals surface area contributed by atoms with Crippen LogP contribution >= 0.6 is 0 Å². The first-order chi connectivity index (χ1) is 9.27. The second-order valence-electron chi connectivity index (χ2n) is 4.85. The number of ether oxygens (including phenoxy) is 1. The van der Waals surface area contributed by atoms with Crippen LogP contribution in [-0.4, -0.2) is 7.11 Å². The van der Waals surface area contributed by atoms with E-state index in [0.29, 0.717) is 0 Å². The average molecular weight is 258 g/mol. The molecule has 0 aromatic heterocycles. The second-order valence-corrected chi connectivity index (χ2v) is 4.85. The maximum atomic E-state index is 5.28. The fourth-order valence-electron chi connectivity index (χ4n) is 2.08. The van der Waals surface area contributed by atoms with Crippen molar-refractivity contribution in [2.45, 2.75) is 46.0 Å². The molecule has 0 saturated heterocycles. The number of methoxy groups -OCH3 is 1. The van der Waals surface area contributed by atoms with Crippen LogP contribution in [0, 0.1) is 6.92 Å². The topological polar surface area (TPSA) is 9.23 Å². The lowest BCUT2D eigenvalue weighted by atomic mass is 10.0. The van der Waals surface area contributed by atoms with E-state index in [1.807, 2.05) is 13.0 Å². The lowest BCUT2D eigenvalue weighted by molar-refractivity contribution is 0.414. The van der Waals surface area contributed by atoms with Crippen molar-refractivity contribution in [1.29, 1.82) is 0 Å². The van der Waals surface area contributed by atoms with E-state index in [1.54, 1.807) is 7.11 Å². The number of benzene rings is 1. The SMILES string of the molecule is CC=CC=CCCCCCc1cc(OC)ccc1C. The summed E-state index contributed by atoms with van der Waals surface area (Å²) in [6.45, 7) is 4.22. The Morgan fingerprint density at radius 3 is 2.68 bits per heavy atom. The molecule has 0 radical (unpaired) electrons. The molecule has 1 nitrogen and oxygen atoms in total. The van der Waals surface area contributed by atoms with Crippen molar-refractivity contribution in [2.75, 3.05) is 7.11 Å². The van der Waals surface area contributed by atoms with Gasteiger partial charge < -0.3 is 4.74 Å². The average Bonchev–Trinajstić information content (AvgIpc) is 2.43. The Morgan fingerprint density at radius 2 is 1.95 bits per heavy atom. The van der Waals surface area contributed by atoms with Gasteiger partial charge >= 0.3 is 0 Å². The molecular weight excluding hydrogens is 232 g/mol. The molecule has 0 spiro atoms. The molecular formula is C18H26O. The molecule has 19 heavy (non-hydrogen) atoms. The highest BCUT2D eigenvalue weighted by Crippen LogP contribution is 2.19. The summed E-state index contributed by atoms with van der Waals surface area (Å²) in [4.78, 5) is 0. The van der Waals surface area contributed by atoms with Crippen LogP contribution in [0.1, 0.15) is 43.7 Å². The van der Waals surface area contributed by atoms with E-state index in [2.05, 4.69) is 43.4 Å². The van der Waals surface area contributed by atoms with Crippen molar-refractivity contribution >= 4 is 0 Å². The highest BCUT2D eigenvalue weighted by atomic mass is 16.5. The van der Waals surface area contributed by atoms with Gasteiger partial charge in [-0.2, -0.15) is 0 Å². The van der Waals surface area contributed by atoms with Crippen molar-refractivity contribution in [3.05, 3.63) is 53.6 Å². The number of hydrogen-bond donors (Lipinski definition) is 0. The molecule has 0 fully saturated rings. The van der Waals surface area contributed by atoms with Gasteiger partial charge in [0, 0.05) is 0 Å². The molecule has 1 aromatic carbocycles. The van der Waals surface area contributed by atoms with E-state index in [0.717, 1.165) is 12.2 Å². The largest absolute Gasteiger partial charge is 0.497 e. The lowest BCUT2D eigenvalue weighted by Gasteiger charge is -2.08. The molecule has 1 aromatic rings. The van der Waals surface area contributed by atoms with Crippen LogP contribution in [0.25, 0.3) is 0 Å². The minimum atomic E-state index is 0.967. The zero-order chi connectivity index (χ0) is 13.9. The van der Waals surface area contributed by atoms with Crippen LogP contribution in [0.15, 0.2) is 42.5 Å². The molecule has 0 unspecified atom stereocenters. The van der Waals surface area contributed by atoms with E-state index in [-0.39, 0.29) is 0 Å². The highest BCUT2D eigenvalue weighted by molar-refractivity contribution is 5.34. The summed E-state index contributed by atoms with van der Waals surface area (Å²) in [5.74, 6) is 0.967. The summed E-state index contributed by atoms with van der Waals surface area (Å²) >= 11 is 0. The third-order valence-corrected chi connectivity index (χ3v) is 3.31. The zero-order valence-electron chi connectivity index (χ0n) is 12.5. The fourth-order valence-corrected chi connectivity index (χ4v) is 2.08. The first-order valence-electron chi connectivity index (χ1n) is 7.19. The van der Waals surface area contributed by atoms with Gasteiger partial charge in [-0.25, -0.2) is 0 Å². The highest BCUT2D eigenvalue weighted by Gasteiger charge is 2.00. The van der Waals surface area contributed by atoms with Crippen molar-refractivity contribution in [3.8, 4) is 5.75 Å². The number of hydrogen-bond acceptors (Lipinski definition) is 1. The first-order valence-corrected chi connectivity index (χ1v) is 7.19. The summed E-state index contributed by atoms with van der Waals surface area (Å²) in [5.41, 5.74) is 2.79. The van der Waals surface area contributed by atoms with Gasteiger partial charge in [0.2, 0.25) is 0 Å². The first kappa shape index (κ1) is 15.6. The van der Waals surface area contributed by atoms with Gasteiger partial charge in [0.05, 0.1) is 7.11 Å². The third kappa shape index (κ3) is 6.28. The third-order valence-electron chi connectivity index (χ3n) is 3.31. The lowest BCUT2D eigenvalue weighted by Crippen LogP contribution is -1.92. The van der Waals surface area contributed by atoms with Crippen LogP contribution in [0.5, 0.6) is 5.75 Å². The van der Waals surface area contributed by atoms with E-state index in [4.69, 9.17) is 4.74 Å². The van der Waals surface area contributed by atoms with Crippen LogP contribution < -0.4 is 4.74 Å². The predicted molar refractivity (Wildman–Crippen MR) is 83.9 cm³/mol. The van der Waals surface area contributed by atoms with Crippen LogP contribution in [-0.2, 0) is 6.42 Å². The molecule has 1 heteroatoms. The van der Waals surface area contributed by atoms with Gasteiger partial charge in [-0.3, -0.25) is 0 Å². The molecule has 0 aliphatic rings. The monoisotopic (exact) mass is 258 g/mol. The molecule has 104 valence electrons. The number of aryl methyl sites for hydroxylation is 2. The smallest absolute Gasteiger partial charge is 0.119 e. The van der Waals surface area contributed by atoms with Gasteiger partial charge in [0.25, 0.3) is 0 Å². The molecule has 0 amide bonds. The van der Waals surface area contributed by atoms with Gasteiger partial charge in [0.1, 0.15) is 5.75 Å². The fraction of sp³-hybridized carbons (Fsp3) is 0.444.